The lowest BCUT2D eigenvalue weighted by molar-refractivity contribution is -0.146. The Morgan fingerprint density at radius 3 is 2.07 bits per heavy atom. The predicted octanol–water partition coefficient (Wildman–Crippen LogP) is 3.64. The van der Waals surface area contributed by atoms with E-state index in [0.717, 1.165) is 5.56 Å². The first-order valence-electron chi connectivity index (χ1n) is 8.81. The molecule has 28 heavy (non-hydrogen) atoms. The van der Waals surface area contributed by atoms with Crippen LogP contribution in [0.4, 0.5) is 5.69 Å². The Labute approximate surface area is 163 Å². The molecular weight excluding hydrogens is 354 g/mol. The highest BCUT2D eigenvalue weighted by atomic mass is 16.5. The van der Waals surface area contributed by atoms with Crippen molar-refractivity contribution in [3.63, 3.8) is 0 Å². The summed E-state index contributed by atoms with van der Waals surface area (Å²) in [7, 11) is 0. The number of carbonyl (C=O) groups excluding carboxylic acids is 3. The van der Waals surface area contributed by atoms with Crippen LogP contribution in [0, 0.1) is 0 Å². The molecule has 3 aromatic carbocycles. The van der Waals surface area contributed by atoms with Crippen LogP contribution in [-0.2, 0) is 20.7 Å². The van der Waals surface area contributed by atoms with Gasteiger partial charge in [-0.1, -0.05) is 72.8 Å². The average Bonchev–Trinajstić information content (AvgIpc) is 2.73. The number of ether oxygens (including phenoxy) is 1. The van der Waals surface area contributed by atoms with Crippen LogP contribution in [0.3, 0.4) is 0 Å². The summed E-state index contributed by atoms with van der Waals surface area (Å²) in [5.41, 5.74) is 2.09. The molecule has 0 aliphatic carbocycles. The number of anilines is 1. The molecule has 0 atom stereocenters. The van der Waals surface area contributed by atoms with E-state index in [9.17, 15) is 14.4 Å². The van der Waals surface area contributed by atoms with Gasteiger partial charge in [0, 0.05) is 11.1 Å². The maximum absolute atomic E-state index is 12.7. The molecule has 5 nitrogen and oxygen atoms in total. The van der Waals surface area contributed by atoms with Crippen molar-refractivity contribution in [2.24, 2.45) is 0 Å². The molecule has 0 saturated heterocycles. The number of hydrogen-bond acceptors (Lipinski definition) is 4. The van der Waals surface area contributed by atoms with E-state index in [1.807, 2.05) is 36.4 Å². The summed E-state index contributed by atoms with van der Waals surface area (Å²) in [6.45, 7) is -0.417. The Balaban J connectivity index is 1.60. The lowest BCUT2D eigenvalue weighted by Gasteiger charge is -2.11. The molecule has 3 rings (SSSR count). The van der Waals surface area contributed by atoms with Gasteiger partial charge in [-0.25, -0.2) is 0 Å². The highest BCUT2D eigenvalue weighted by Crippen LogP contribution is 2.19. The maximum Gasteiger partial charge on any atom is 0.310 e. The first kappa shape index (κ1) is 19.0. The van der Waals surface area contributed by atoms with Gasteiger partial charge >= 0.3 is 5.97 Å². The van der Waals surface area contributed by atoms with Crippen LogP contribution < -0.4 is 5.32 Å². The zero-order chi connectivity index (χ0) is 19.8. The van der Waals surface area contributed by atoms with E-state index in [1.54, 1.807) is 48.5 Å². The molecule has 5 heteroatoms. The third kappa shape index (κ3) is 5.14. The van der Waals surface area contributed by atoms with E-state index < -0.39 is 18.5 Å². The molecule has 0 heterocycles. The lowest BCUT2D eigenvalue weighted by atomic mass is 10.0. The summed E-state index contributed by atoms with van der Waals surface area (Å²) < 4.78 is 5.03. The fraction of sp³-hybridized carbons (Fsp3) is 0.0870. The minimum atomic E-state index is -0.505. The quantitative estimate of drug-likeness (QED) is 0.507. The fourth-order valence-electron chi connectivity index (χ4n) is 2.68. The standard InChI is InChI=1S/C23H19NO4/c25-21(16-28-22(26)15-17-9-3-1-4-10-17)24-20-14-8-7-13-19(20)23(27)18-11-5-2-6-12-18/h1-14H,15-16H2,(H,24,25). The van der Waals surface area contributed by atoms with E-state index in [2.05, 4.69) is 5.32 Å². The van der Waals surface area contributed by atoms with Gasteiger partial charge in [0.05, 0.1) is 12.1 Å². The average molecular weight is 373 g/mol. The molecule has 0 aliphatic heterocycles. The van der Waals surface area contributed by atoms with Gasteiger partial charge in [-0.2, -0.15) is 0 Å². The maximum atomic E-state index is 12.7. The summed E-state index contributed by atoms with van der Waals surface area (Å²) in [4.78, 5) is 36.7. The van der Waals surface area contributed by atoms with Crippen LogP contribution in [0.15, 0.2) is 84.9 Å². The Morgan fingerprint density at radius 1 is 0.750 bits per heavy atom. The summed E-state index contributed by atoms with van der Waals surface area (Å²) in [6.07, 6.45) is 0.0944. The molecule has 0 saturated carbocycles. The molecule has 0 unspecified atom stereocenters. The number of para-hydroxylation sites is 1. The van der Waals surface area contributed by atoms with E-state index in [1.165, 1.54) is 0 Å². The van der Waals surface area contributed by atoms with Crippen LogP contribution in [0.25, 0.3) is 0 Å². The van der Waals surface area contributed by atoms with Crippen molar-refractivity contribution in [1.29, 1.82) is 0 Å². The Kier molecular flexibility index (Phi) is 6.31. The number of amides is 1. The van der Waals surface area contributed by atoms with Gasteiger partial charge in [0.1, 0.15) is 0 Å². The number of benzene rings is 3. The molecule has 0 aromatic heterocycles. The predicted molar refractivity (Wildman–Crippen MR) is 106 cm³/mol. The summed E-state index contributed by atoms with van der Waals surface area (Å²) in [5.74, 6) is -1.19. The van der Waals surface area contributed by atoms with Gasteiger partial charge < -0.3 is 10.1 Å². The smallest absolute Gasteiger partial charge is 0.310 e. The van der Waals surface area contributed by atoms with Gasteiger partial charge in [-0.15, -0.1) is 0 Å². The molecule has 1 amide bonds. The minimum absolute atomic E-state index is 0.0944. The first-order chi connectivity index (χ1) is 13.6. The Bertz CT molecular complexity index is 968. The van der Waals surface area contributed by atoms with Crippen molar-refractivity contribution >= 4 is 23.3 Å². The number of nitrogens with one attached hydrogen (secondary N) is 1. The van der Waals surface area contributed by atoms with E-state index in [4.69, 9.17) is 4.74 Å². The molecule has 140 valence electrons. The van der Waals surface area contributed by atoms with Crippen LogP contribution in [0.2, 0.25) is 0 Å². The third-order valence-corrected chi connectivity index (χ3v) is 4.04. The summed E-state index contributed by atoms with van der Waals surface area (Å²) in [6, 6.07) is 24.7. The number of hydrogen-bond donors (Lipinski definition) is 1. The number of carbonyl (C=O) groups is 3. The second kappa shape index (κ2) is 9.28. The number of ketones is 1. The SMILES string of the molecule is O=C(COC(=O)Cc1ccccc1)Nc1ccccc1C(=O)c1ccccc1. The fourth-order valence-corrected chi connectivity index (χ4v) is 2.68. The van der Waals surface area contributed by atoms with Crippen molar-refractivity contribution in [1.82, 2.24) is 0 Å². The van der Waals surface area contributed by atoms with Crippen molar-refractivity contribution in [3.05, 3.63) is 102 Å². The highest BCUT2D eigenvalue weighted by molar-refractivity contribution is 6.13. The summed E-state index contributed by atoms with van der Waals surface area (Å²) in [5, 5.41) is 2.64. The number of esters is 1. The Morgan fingerprint density at radius 2 is 1.36 bits per heavy atom. The minimum Gasteiger partial charge on any atom is -0.455 e. The zero-order valence-corrected chi connectivity index (χ0v) is 15.1. The molecule has 0 spiro atoms. The second-order valence-corrected chi connectivity index (χ2v) is 6.11. The summed E-state index contributed by atoms with van der Waals surface area (Å²) >= 11 is 0. The van der Waals surface area contributed by atoms with Gasteiger partial charge in [0.15, 0.2) is 12.4 Å². The zero-order valence-electron chi connectivity index (χ0n) is 15.1. The molecule has 1 N–H and O–H groups in total. The van der Waals surface area contributed by atoms with Gasteiger partial charge in [0.25, 0.3) is 5.91 Å². The number of rotatable bonds is 7. The molecule has 0 radical (unpaired) electrons. The highest BCUT2D eigenvalue weighted by Gasteiger charge is 2.15. The van der Waals surface area contributed by atoms with Crippen molar-refractivity contribution < 1.29 is 19.1 Å². The Hall–Kier alpha value is -3.73. The third-order valence-electron chi connectivity index (χ3n) is 4.04. The first-order valence-corrected chi connectivity index (χ1v) is 8.81. The van der Waals surface area contributed by atoms with Crippen LogP contribution >= 0.6 is 0 Å². The van der Waals surface area contributed by atoms with Crippen molar-refractivity contribution in [2.45, 2.75) is 6.42 Å². The molecule has 0 aliphatic rings. The molecule has 0 bridgehead atoms. The van der Waals surface area contributed by atoms with Crippen LogP contribution in [-0.4, -0.2) is 24.3 Å². The van der Waals surface area contributed by atoms with Crippen molar-refractivity contribution in [2.75, 3.05) is 11.9 Å². The normalized spacial score (nSPS) is 10.1. The lowest BCUT2D eigenvalue weighted by Crippen LogP contribution is -2.22. The van der Waals surface area contributed by atoms with E-state index in [-0.39, 0.29) is 12.2 Å². The van der Waals surface area contributed by atoms with Gasteiger partial charge in [-0.05, 0) is 17.7 Å². The van der Waals surface area contributed by atoms with Crippen molar-refractivity contribution in [3.8, 4) is 0 Å². The topological polar surface area (TPSA) is 72.5 Å². The molecular formula is C23H19NO4. The monoisotopic (exact) mass is 373 g/mol. The molecule has 0 fully saturated rings. The van der Waals surface area contributed by atoms with E-state index in [0.29, 0.717) is 16.8 Å². The second-order valence-electron chi connectivity index (χ2n) is 6.11. The van der Waals surface area contributed by atoms with Crippen LogP contribution in [0.5, 0.6) is 0 Å². The molecule has 3 aromatic rings. The van der Waals surface area contributed by atoms with Crippen LogP contribution in [0.1, 0.15) is 21.5 Å². The van der Waals surface area contributed by atoms with Gasteiger partial charge in [-0.3, -0.25) is 14.4 Å². The largest absolute Gasteiger partial charge is 0.455 e. The van der Waals surface area contributed by atoms with Gasteiger partial charge in [0.2, 0.25) is 0 Å². The van der Waals surface area contributed by atoms with E-state index >= 15 is 0 Å².